The maximum absolute atomic E-state index is 10.3. The highest BCUT2D eigenvalue weighted by Crippen LogP contribution is 2.17. The topological polar surface area (TPSA) is 65.1 Å². The lowest BCUT2D eigenvalue weighted by Gasteiger charge is -2.04. The van der Waals surface area contributed by atoms with Crippen LogP contribution in [0.1, 0.15) is 6.42 Å². The van der Waals surface area contributed by atoms with Crippen LogP contribution in [-0.2, 0) is 4.79 Å². The lowest BCUT2D eigenvalue weighted by molar-refractivity contribution is -0.136. The van der Waals surface area contributed by atoms with E-state index in [2.05, 4.69) is 10.3 Å². The number of carbonyl (C=O) groups is 1. The molecule has 4 heteroatoms. The number of hydrogen-bond acceptors (Lipinski definition) is 2. The molecule has 0 saturated carbocycles. The molecule has 1 aromatic heterocycles. The van der Waals surface area contributed by atoms with E-state index in [1.165, 1.54) is 0 Å². The Labute approximate surface area is 86.9 Å². The lowest BCUT2D eigenvalue weighted by atomic mass is 10.2. The van der Waals surface area contributed by atoms with E-state index >= 15 is 0 Å². The molecule has 0 radical (unpaired) electrons. The molecular formula is C11H12N2O2. The molecule has 0 bridgehead atoms. The summed E-state index contributed by atoms with van der Waals surface area (Å²) in [7, 11) is 0. The highest BCUT2D eigenvalue weighted by Gasteiger charge is 1.98. The number of aromatic nitrogens is 1. The molecule has 78 valence electrons. The summed E-state index contributed by atoms with van der Waals surface area (Å²) in [5.74, 6) is -0.787. The quantitative estimate of drug-likeness (QED) is 0.714. The molecule has 2 aromatic rings. The maximum atomic E-state index is 10.3. The third-order valence-corrected chi connectivity index (χ3v) is 2.22. The van der Waals surface area contributed by atoms with E-state index in [0.29, 0.717) is 6.54 Å². The molecular weight excluding hydrogens is 192 g/mol. The fraction of sp³-hybridized carbons (Fsp3) is 0.182. The largest absolute Gasteiger partial charge is 0.481 e. The summed E-state index contributed by atoms with van der Waals surface area (Å²) in [4.78, 5) is 13.4. The molecule has 0 fully saturated rings. The number of fused-ring (bicyclic) bond motifs is 1. The van der Waals surface area contributed by atoms with Gasteiger partial charge in [0.05, 0.1) is 6.42 Å². The van der Waals surface area contributed by atoms with Gasteiger partial charge in [-0.25, -0.2) is 0 Å². The summed E-state index contributed by atoms with van der Waals surface area (Å²) < 4.78 is 0. The van der Waals surface area contributed by atoms with E-state index in [1.54, 1.807) is 0 Å². The van der Waals surface area contributed by atoms with Crippen molar-refractivity contribution in [2.24, 2.45) is 0 Å². The molecule has 3 N–H and O–H groups in total. The number of carboxylic acids is 1. The molecule has 0 saturated heterocycles. The minimum atomic E-state index is -0.787. The van der Waals surface area contributed by atoms with Crippen LogP contribution in [0.25, 0.3) is 10.9 Å². The first-order valence-corrected chi connectivity index (χ1v) is 4.78. The molecule has 15 heavy (non-hydrogen) atoms. The predicted octanol–water partition coefficient (Wildman–Crippen LogP) is 2.05. The molecule has 0 aliphatic rings. The van der Waals surface area contributed by atoms with E-state index < -0.39 is 5.97 Å². The van der Waals surface area contributed by atoms with Gasteiger partial charge in [0.25, 0.3) is 0 Å². The van der Waals surface area contributed by atoms with Crippen LogP contribution < -0.4 is 5.32 Å². The number of carboxylic acid groups (broad SMARTS) is 1. The van der Waals surface area contributed by atoms with E-state index in [4.69, 9.17) is 5.11 Å². The molecule has 0 aliphatic carbocycles. The van der Waals surface area contributed by atoms with Crippen LogP contribution in [0.15, 0.2) is 30.5 Å². The third kappa shape index (κ3) is 2.28. The van der Waals surface area contributed by atoms with Crippen LogP contribution in [0.4, 0.5) is 5.69 Å². The SMILES string of the molecule is O=C(O)CCNc1ccc2[nH]ccc2c1. The minimum Gasteiger partial charge on any atom is -0.481 e. The monoisotopic (exact) mass is 204 g/mol. The van der Waals surface area contributed by atoms with Crippen molar-refractivity contribution in [1.82, 2.24) is 4.98 Å². The van der Waals surface area contributed by atoms with Gasteiger partial charge in [0.2, 0.25) is 0 Å². The van der Waals surface area contributed by atoms with Crippen LogP contribution in [0, 0.1) is 0 Å². The number of anilines is 1. The van der Waals surface area contributed by atoms with Gasteiger partial charge < -0.3 is 15.4 Å². The Hall–Kier alpha value is -1.97. The second-order valence-corrected chi connectivity index (χ2v) is 3.35. The number of nitrogens with one attached hydrogen (secondary N) is 2. The highest BCUT2D eigenvalue weighted by atomic mass is 16.4. The second kappa shape index (κ2) is 4.04. The zero-order chi connectivity index (χ0) is 10.7. The molecule has 4 nitrogen and oxygen atoms in total. The first-order valence-electron chi connectivity index (χ1n) is 4.78. The van der Waals surface area contributed by atoms with Crippen molar-refractivity contribution in [3.63, 3.8) is 0 Å². The number of hydrogen-bond donors (Lipinski definition) is 3. The van der Waals surface area contributed by atoms with Gasteiger partial charge in [0.1, 0.15) is 0 Å². The first kappa shape index (κ1) is 9.58. The molecule has 0 atom stereocenters. The van der Waals surface area contributed by atoms with Crippen LogP contribution in [0.5, 0.6) is 0 Å². The summed E-state index contributed by atoms with van der Waals surface area (Å²) >= 11 is 0. The van der Waals surface area contributed by atoms with Gasteiger partial charge in [-0.2, -0.15) is 0 Å². The Morgan fingerprint density at radius 1 is 1.40 bits per heavy atom. The van der Waals surface area contributed by atoms with E-state index in [1.807, 2.05) is 30.5 Å². The van der Waals surface area contributed by atoms with Crippen molar-refractivity contribution in [2.75, 3.05) is 11.9 Å². The Bertz CT molecular complexity index is 476. The molecule has 1 heterocycles. The molecule has 0 spiro atoms. The van der Waals surface area contributed by atoms with Gasteiger partial charge in [-0.15, -0.1) is 0 Å². The van der Waals surface area contributed by atoms with Crippen LogP contribution in [0.2, 0.25) is 0 Å². The Kier molecular flexibility index (Phi) is 2.58. The zero-order valence-corrected chi connectivity index (χ0v) is 8.16. The van der Waals surface area contributed by atoms with Crippen molar-refractivity contribution in [2.45, 2.75) is 6.42 Å². The third-order valence-electron chi connectivity index (χ3n) is 2.22. The average Bonchev–Trinajstić information content (AvgIpc) is 2.64. The number of H-pyrrole nitrogens is 1. The molecule has 0 amide bonds. The van der Waals surface area contributed by atoms with Crippen molar-refractivity contribution in [3.05, 3.63) is 30.5 Å². The van der Waals surface area contributed by atoms with Crippen LogP contribution in [0.3, 0.4) is 0 Å². The lowest BCUT2D eigenvalue weighted by Crippen LogP contribution is -2.07. The predicted molar refractivity (Wildman–Crippen MR) is 59.0 cm³/mol. The van der Waals surface area contributed by atoms with Gasteiger partial charge >= 0.3 is 5.97 Å². The molecule has 0 unspecified atom stereocenters. The zero-order valence-electron chi connectivity index (χ0n) is 8.16. The molecule has 2 rings (SSSR count). The van der Waals surface area contributed by atoms with Gasteiger partial charge in [0.15, 0.2) is 0 Å². The minimum absolute atomic E-state index is 0.130. The number of aliphatic carboxylic acids is 1. The fourth-order valence-corrected chi connectivity index (χ4v) is 1.48. The number of rotatable bonds is 4. The average molecular weight is 204 g/mol. The van der Waals surface area contributed by atoms with Crippen molar-refractivity contribution in [1.29, 1.82) is 0 Å². The smallest absolute Gasteiger partial charge is 0.305 e. The Morgan fingerprint density at radius 3 is 3.07 bits per heavy atom. The molecule has 1 aromatic carbocycles. The summed E-state index contributed by atoms with van der Waals surface area (Å²) in [5, 5.41) is 12.7. The van der Waals surface area contributed by atoms with Crippen molar-refractivity contribution < 1.29 is 9.90 Å². The summed E-state index contributed by atoms with van der Waals surface area (Å²) in [6.45, 7) is 0.450. The van der Waals surface area contributed by atoms with Crippen LogP contribution >= 0.6 is 0 Å². The fourth-order valence-electron chi connectivity index (χ4n) is 1.48. The molecule has 0 aliphatic heterocycles. The Morgan fingerprint density at radius 2 is 2.27 bits per heavy atom. The summed E-state index contributed by atoms with van der Waals surface area (Å²) in [6, 6.07) is 7.88. The van der Waals surface area contributed by atoms with Gasteiger partial charge in [-0.3, -0.25) is 4.79 Å². The summed E-state index contributed by atoms with van der Waals surface area (Å²) in [6.07, 6.45) is 2.01. The standard InChI is InChI=1S/C11H12N2O2/c14-11(15)4-6-12-9-1-2-10-8(7-9)3-5-13-10/h1-3,5,7,12-13H,4,6H2,(H,14,15). The van der Waals surface area contributed by atoms with Gasteiger partial charge in [0, 0.05) is 29.3 Å². The van der Waals surface area contributed by atoms with Gasteiger partial charge in [-0.05, 0) is 24.3 Å². The summed E-state index contributed by atoms with van der Waals surface area (Å²) in [5.41, 5.74) is 2.03. The highest BCUT2D eigenvalue weighted by molar-refractivity contribution is 5.83. The van der Waals surface area contributed by atoms with Gasteiger partial charge in [-0.1, -0.05) is 0 Å². The first-order chi connectivity index (χ1) is 7.25. The second-order valence-electron chi connectivity index (χ2n) is 3.35. The van der Waals surface area contributed by atoms with E-state index in [-0.39, 0.29) is 6.42 Å². The number of aromatic amines is 1. The van der Waals surface area contributed by atoms with Crippen molar-refractivity contribution >= 4 is 22.6 Å². The maximum Gasteiger partial charge on any atom is 0.305 e. The normalized spacial score (nSPS) is 10.4. The Balaban J connectivity index is 2.04. The van der Waals surface area contributed by atoms with Crippen molar-refractivity contribution in [3.8, 4) is 0 Å². The van der Waals surface area contributed by atoms with E-state index in [9.17, 15) is 4.79 Å². The van der Waals surface area contributed by atoms with E-state index in [0.717, 1.165) is 16.6 Å². The van der Waals surface area contributed by atoms with Crippen LogP contribution in [-0.4, -0.2) is 22.6 Å². The number of benzene rings is 1.